The van der Waals surface area contributed by atoms with Crippen molar-refractivity contribution >= 4 is 22.8 Å². The summed E-state index contributed by atoms with van der Waals surface area (Å²) in [4.78, 5) is 27.9. The second kappa shape index (κ2) is 7.05. The number of para-hydroxylation sites is 1. The number of nitrogens with zero attached hydrogens (tertiary/aromatic N) is 2. The quantitative estimate of drug-likeness (QED) is 0.803. The summed E-state index contributed by atoms with van der Waals surface area (Å²) in [7, 11) is 1.40. The number of aryl methyl sites for hydroxylation is 1. The highest BCUT2D eigenvalue weighted by molar-refractivity contribution is 5.98. The van der Waals surface area contributed by atoms with E-state index in [9.17, 15) is 9.59 Å². The molecule has 128 valence electrons. The highest BCUT2D eigenvalue weighted by atomic mass is 16.5. The van der Waals surface area contributed by atoms with Gasteiger partial charge in [-0.05, 0) is 13.0 Å². The minimum absolute atomic E-state index is 0.0590. The maximum Gasteiger partial charge on any atom is 0.306 e. The van der Waals surface area contributed by atoms with Crippen molar-refractivity contribution in [2.24, 2.45) is 0 Å². The lowest BCUT2D eigenvalue weighted by Crippen LogP contribution is -2.49. The van der Waals surface area contributed by atoms with E-state index in [-0.39, 0.29) is 11.9 Å². The number of esters is 1. The Bertz CT molecular complexity index is 745. The van der Waals surface area contributed by atoms with Crippen molar-refractivity contribution < 1.29 is 18.7 Å². The number of ether oxygens (including phenoxy) is 1. The van der Waals surface area contributed by atoms with Gasteiger partial charge in [-0.25, -0.2) is 0 Å². The van der Waals surface area contributed by atoms with Crippen LogP contribution in [-0.2, 0) is 9.53 Å². The third kappa shape index (κ3) is 3.28. The number of rotatable bonds is 4. The van der Waals surface area contributed by atoms with Gasteiger partial charge < -0.3 is 14.1 Å². The minimum Gasteiger partial charge on any atom is -0.469 e. The van der Waals surface area contributed by atoms with Crippen molar-refractivity contribution in [2.45, 2.75) is 13.3 Å². The summed E-state index contributed by atoms with van der Waals surface area (Å²) in [6, 6.07) is 7.69. The van der Waals surface area contributed by atoms with Gasteiger partial charge in [0.1, 0.15) is 5.58 Å². The number of amides is 1. The van der Waals surface area contributed by atoms with Gasteiger partial charge in [0.2, 0.25) is 0 Å². The molecule has 1 amide bonds. The predicted octanol–water partition coefficient (Wildman–Crippen LogP) is 2.06. The molecule has 1 saturated heterocycles. The van der Waals surface area contributed by atoms with E-state index in [1.54, 1.807) is 0 Å². The van der Waals surface area contributed by atoms with Gasteiger partial charge in [0.25, 0.3) is 5.91 Å². The second-order valence-corrected chi connectivity index (χ2v) is 6.01. The largest absolute Gasteiger partial charge is 0.469 e. The SMILES string of the molecule is COC(=O)CCN1CCN(C(=O)c2oc3ccccc3c2C)CC1. The number of fused-ring (bicyclic) bond motifs is 1. The van der Waals surface area contributed by atoms with Crippen LogP contribution in [0.5, 0.6) is 0 Å². The number of benzene rings is 1. The Morgan fingerprint density at radius 2 is 1.88 bits per heavy atom. The number of hydrogen-bond acceptors (Lipinski definition) is 5. The Kier molecular flexibility index (Phi) is 4.85. The average molecular weight is 330 g/mol. The molecular weight excluding hydrogens is 308 g/mol. The molecule has 1 aliphatic rings. The molecule has 2 aromatic rings. The number of carbonyl (C=O) groups excluding carboxylic acids is 2. The first-order valence-corrected chi connectivity index (χ1v) is 8.16. The molecule has 2 heterocycles. The second-order valence-electron chi connectivity index (χ2n) is 6.01. The number of piperazine rings is 1. The molecule has 6 nitrogen and oxygen atoms in total. The molecule has 1 aromatic carbocycles. The molecule has 1 aliphatic heterocycles. The van der Waals surface area contributed by atoms with Gasteiger partial charge in [0.15, 0.2) is 5.76 Å². The molecule has 0 saturated carbocycles. The van der Waals surface area contributed by atoms with Gasteiger partial charge in [-0.3, -0.25) is 14.5 Å². The Morgan fingerprint density at radius 1 is 1.17 bits per heavy atom. The fourth-order valence-electron chi connectivity index (χ4n) is 3.05. The molecule has 0 unspecified atom stereocenters. The smallest absolute Gasteiger partial charge is 0.306 e. The fourth-order valence-corrected chi connectivity index (χ4v) is 3.05. The lowest BCUT2D eigenvalue weighted by Gasteiger charge is -2.34. The summed E-state index contributed by atoms with van der Waals surface area (Å²) in [5.41, 5.74) is 1.64. The Hall–Kier alpha value is -2.34. The van der Waals surface area contributed by atoms with Crippen molar-refractivity contribution in [1.29, 1.82) is 0 Å². The predicted molar refractivity (Wildman–Crippen MR) is 89.9 cm³/mol. The molecular formula is C18H22N2O4. The maximum absolute atomic E-state index is 12.7. The van der Waals surface area contributed by atoms with Crippen LogP contribution in [0.1, 0.15) is 22.5 Å². The normalized spacial score (nSPS) is 15.7. The maximum atomic E-state index is 12.7. The van der Waals surface area contributed by atoms with E-state index in [1.807, 2.05) is 36.1 Å². The van der Waals surface area contributed by atoms with Crippen molar-refractivity contribution in [2.75, 3.05) is 39.8 Å². The molecule has 0 radical (unpaired) electrons. The molecule has 3 rings (SSSR count). The van der Waals surface area contributed by atoms with Crippen molar-refractivity contribution in [3.05, 3.63) is 35.6 Å². The molecule has 24 heavy (non-hydrogen) atoms. The first kappa shape index (κ1) is 16.5. The molecule has 1 aromatic heterocycles. The van der Waals surface area contributed by atoms with E-state index in [2.05, 4.69) is 9.64 Å². The fraction of sp³-hybridized carbons (Fsp3) is 0.444. The van der Waals surface area contributed by atoms with E-state index in [4.69, 9.17) is 4.42 Å². The molecule has 0 spiro atoms. The number of methoxy groups -OCH3 is 1. The van der Waals surface area contributed by atoms with Crippen LogP contribution < -0.4 is 0 Å². The minimum atomic E-state index is -0.202. The highest BCUT2D eigenvalue weighted by Crippen LogP contribution is 2.26. The van der Waals surface area contributed by atoms with Gasteiger partial charge >= 0.3 is 5.97 Å². The summed E-state index contributed by atoms with van der Waals surface area (Å²) in [6.45, 7) is 5.36. The summed E-state index contributed by atoms with van der Waals surface area (Å²) >= 11 is 0. The van der Waals surface area contributed by atoms with E-state index >= 15 is 0 Å². The number of hydrogen-bond donors (Lipinski definition) is 0. The van der Waals surface area contributed by atoms with Crippen LogP contribution in [0.4, 0.5) is 0 Å². The molecule has 0 atom stereocenters. The van der Waals surface area contributed by atoms with Crippen LogP contribution in [0.2, 0.25) is 0 Å². The lowest BCUT2D eigenvalue weighted by molar-refractivity contribution is -0.141. The molecule has 0 aliphatic carbocycles. The van der Waals surface area contributed by atoms with Crippen LogP contribution in [0.3, 0.4) is 0 Å². The zero-order valence-electron chi connectivity index (χ0n) is 14.1. The molecule has 0 bridgehead atoms. The standard InChI is InChI=1S/C18H22N2O4/c1-13-14-5-3-4-6-15(14)24-17(13)18(22)20-11-9-19(10-12-20)8-7-16(21)23-2/h3-6H,7-12H2,1-2H3. The monoisotopic (exact) mass is 330 g/mol. The Labute approximate surface area is 141 Å². The van der Waals surface area contributed by atoms with Gasteiger partial charge in [-0.1, -0.05) is 18.2 Å². The van der Waals surface area contributed by atoms with Gasteiger partial charge in [0, 0.05) is 43.7 Å². The first-order chi connectivity index (χ1) is 11.6. The zero-order chi connectivity index (χ0) is 17.1. The van der Waals surface area contributed by atoms with Crippen LogP contribution in [-0.4, -0.2) is 61.5 Å². The van der Waals surface area contributed by atoms with Gasteiger partial charge in [-0.2, -0.15) is 0 Å². The van der Waals surface area contributed by atoms with Crippen LogP contribution in [0.25, 0.3) is 11.0 Å². The molecule has 1 fully saturated rings. The summed E-state index contributed by atoms with van der Waals surface area (Å²) in [5.74, 6) is 0.168. The van der Waals surface area contributed by atoms with Crippen molar-refractivity contribution in [1.82, 2.24) is 9.80 Å². The van der Waals surface area contributed by atoms with E-state index in [1.165, 1.54) is 7.11 Å². The van der Waals surface area contributed by atoms with E-state index in [0.29, 0.717) is 31.8 Å². The lowest BCUT2D eigenvalue weighted by atomic mass is 10.1. The van der Waals surface area contributed by atoms with Crippen LogP contribution in [0.15, 0.2) is 28.7 Å². The zero-order valence-corrected chi connectivity index (χ0v) is 14.1. The van der Waals surface area contributed by atoms with Gasteiger partial charge in [-0.15, -0.1) is 0 Å². The first-order valence-electron chi connectivity index (χ1n) is 8.16. The van der Waals surface area contributed by atoms with E-state index in [0.717, 1.165) is 29.6 Å². The van der Waals surface area contributed by atoms with E-state index < -0.39 is 0 Å². The number of carbonyl (C=O) groups is 2. The molecule has 6 heteroatoms. The van der Waals surface area contributed by atoms with Crippen molar-refractivity contribution in [3.8, 4) is 0 Å². The Morgan fingerprint density at radius 3 is 2.54 bits per heavy atom. The van der Waals surface area contributed by atoms with Crippen molar-refractivity contribution in [3.63, 3.8) is 0 Å². The van der Waals surface area contributed by atoms with Gasteiger partial charge in [0.05, 0.1) is 13.5 Å². The van der Waals surface area contributed by atoms with Crippen LogP contribution in [0, 0.1) is 6.92 Å². The number of furan rings is 1. The topological polar surface area (TPSA) is 63.0 Å². The summed E-state index contributed by atoms with van der Waals surface area (Å²) in [5, 5.41) is 0.984. The molecule has 0 N–H and O–H groups in total. The summed E-state index contributed by atoms with van der Waals surface area (Å²) < 4.78 is 10.4. The summed E-state index contributed by atoms with van der Waals surface area (Å²) in [6.07, 6.45) is 0.382. The highest BCUT2D eigenvalue weighted by Gasteiger charge is 2.26. The Balaban J connectivity index is 1.62. The third-order valence-electron chi connectivity index (χ3n) is 4.56. The third-order valence-corrected chi connectivity index (χ3v) is 4.56. The average Bonchev–Trinajstić information content (AvgIpc) is 2.96. The van der Waals surface area contributed by atoms with Crippen LogP contribution >= 0.6 is 0 Å².